The van der Waals surface area contributed by atoms with Gasteiger partial charge in [-0.2, -0.15) is 4.39 Å². The fourth-order valence-electron chi connectivity index (χ4n) is 2.82. The van der Waals surface area contributed by atoms with Crippen LogP contribution in [0.4, 0.5) is 10.1 Å². The van der Waals surface area contributed by atoms with Crippen LogP contribution in [0.5, 0.6) is 0 Å². The number of non-ortho nitro benzene ring substituents is 1. The molecule has 26 heavy (non-hydrogen) atoms. The van der Waals surface area contributed by atoms with E-state index < -0.39 is 39.9 Å². The van der Waals surface area contributed by atoms with E-state index >= 15 is 0 Å². The zero-order valence-corrected chi connectivity index (χ0v) is 14.7. The second-order valence-electron chi connectivity index (χ2n) is 6.59. The first-order valence-corrected chi connectivity index (χ1v) is 8.12. The summed E-state index contributed by atoms with van der Waals surface area (Å²) in [4.78, 5) is 33.7. The molecule has 0 spiro atoms. The van der Waals surface area contributed by atoms with Gasteiger partial charge in [-0.3, -0.25) is 14.9 Å². The molecule has 0 radical (unpaired) electrons. The van der Waals surface area contributed by atoms with E-state index in [1.54, 1.807) is 20.8 Å². The maximum absolute atomic E-state index is 13.8. The zero-order chi connectivity index (χ0) is 19.5. The van der Waals surface area contributed by atoms with Crippen LogP contribution in [0.15, 0.2) is 36.2 Å². The molecule has 0 saturated heterocycles. The fourth-order valence-corrected chi connectivity index (χ4v) is 2.82. The van der Waals surface area contributed by atoms with E-state index in [0.717, 1.165) is 6.08 Å². The number of nitrogens with zero attached hydrogens (tertiary/aromatic N) is 1. The molecule has 1 saturated carbocycles. The summed E-state index contributed by atoms with van der Waals surface area (Å²) in [5.74, 6) is -3.60. The highest BCUT2D eigenvalue weighted by Gasteiger charge is 2.62. The highest BCUT2D eigenvalue weighted by Crippen LogP contribution is 2.60. The van der Waals surface area contributed by atoms with Crippen LogP contribution in [0.2, 0.25) is 0 Å². The van der Waals surface area contributed by atoms with Crippen LogP contribution in [0.25, 0.3) is 0 Å². The minimum absolute atomic E-state index is 0.0415. The van der Waals surface area contributed by atoms with Crippen LogP contribution in [-0.4, -0.2) is 23.5 Å². The maximum Gasteiger partial charge on any atom is 0.366 e. The Hall–Kier alpha value is -2.77. The third-order valence-corrected chi connectivity index (χ3v) is 4.49. The van der Waals surface area contributed by atoms with Crippen molar-refractivity contribution in [1.29, 1.82) is 0 Å². The van der Waals surface area contributed by atoms with Crippen LogP contribution in [-0.2, 0) is 25.7 Å². The molecule has 0 aromatic heterocycles. The minimum Gasteiger partial charge on any atom is -0.461 e. The summed E-state index contributed by atoms with van der Waals surface area (Å²) >= 11 is 0. The van der Waals surface area contributed by atoms with E-state index in [2.05, 4.69) is 4.74 Å². The van der Waals surface area contributed by atoms with Gasteiger partial charge >= 0.3 is 11.9 Å². The monoisotopic (exact) mass is 365 g/mol. The molecule has 1 aromatic carbocycles. The van der Waals surface area contributed by atoms with Crippen molar-refractivity contribution in [3.63, 3.8) is 0 Å². The first-order chi connectivity index (χ1) is 12.2. The van der Waals surface area contributed by atoms with E-state index in [4.69, 9.17) is 4.74 Å². The van der Waals surface area contributed by atoms with E-state index in [1.807, 2.05) is 0 Å². The van der Waals surface area contributed by atoms with Crippen molar-refractivity contribution >= 4 is 17.6 Å². The van der Waals surface area contributed by atoms with Crippen LogP contribution in [0, 0.1) is 27.4 Å². The molecule has 1 aliphatic carbocycles. The van der Waals surface area contributed by atoms with Gasteiger partial charge in [-0.15, -0.1) is 0 Å². The lowest BCUT2D eigenvalue weighted by molar-refractivity contribution is -0.384. The van der Waals surface area contributed by atoms with Crippen molar-refractivity contribution in [2.45, 2.75) is 27.4 Å². The number of esters is 2. The molecule has 2 atom stereocenters. The summed E-state index contributed by atoms with van der Waals surface area (Å²) in [5, 5.41) is 10.6. The Balaban J connectivity index is 1.95. The lowest BCUT2D eigenvalue weighted by Crippen LogP contribution is -2.10. The minimum atomic E-state index is -1.05. The van der Waals surface area contributed by atoms with Gasteiger partial charge in [0.25, 0.3) is 5.69 Å². The Bertz CT molecular complexity index is 741. The van der Waals surface area contributed by atoms with Crippen LogP contribution >= 0.6 is 0 Å². The SMILES string of the molecule is CCOC(=O)C(F)=C[C@H]1[C@@H](C(=O)OCc2ccc([N+](=O)[O-])cc2)C1(C)C. The molecule has 8 heteroatoms. The predicted octanol–water partition coefficient (Wildman–Crippen LogP) is 3.33. The van der Waals surface area contributed by atoms with Crippen LogP contribution in [0.1, 0.15) is 26.3 Å². The van der Waals surface area contributed by atoms with Gasteiger partial charge in [-0.25, -0.2) is 4.79 Å². The molecule has 140 valence electrons. The number of benzene rings is 1. The number of hydrogen-bond donors (Lipinski definition) is 0. The molecular formula is C18H20FNO6. The summed E-state index contributed by atoms with van der Waals surface area (Å²) in [6.07, 6.45) is 1.11. The molecule has 1 fully saturated rings. The number of allylic oxidation sites excluding steroid dienone is 1. The number of nitro groups is 1. The maximum atomic E-state index is 13.8. The Kier molecular flexibility index (Phi) is 5.74. The number of hydrogen-bond acceptors (Lipinski definition) is 6. The molecule has 0 unspecified atom stereocenters. The molecule has 0 heterocycles. The van der Waals surface area contributed by atoms with Gasteiger partial charge in [0.05, 0.1) is 17.4 Å². The Labute approximate surface area is 149 Å². The number of nitro benzene ring substituents is 1. The molecule has 0 amide bonds. The highest BCUT2D eigenvalue weighted by atomic mass is 19.1. The first-order valence-electron chi connectivity index (χ1n) is 8.12. The van der Waals surface area contributed by atoms with Crippen molar-refractivity contribution in [3.8, 4) is 0 Å². The van der Waals surface area contributed by atoms with Crippen molar-refractivity contribution < 1.29 is 28.4 Å². The summed E-state index contributed by atoms with van der Waals surface area (Å²) in [7, 11) is 0. The molecule has 0 bridgehead atoms. The molecule has 0 aliphatic heterocycles. The summed E-state index contributed by atoms with van der Waals surface area (Å²) in [6.45, 7) is 5.16. The molecular weight excluding hydrogens is 345 g/mol. The summed E-state index contributed by atoms with van der Waals surface area (Å²) < 4.78 is 23.6. The van der Waals surface area contributed by atoms with Gasteiger partial charge in [0, 0.05) is 12.1 Å². The Morgan fingerprint density at radius 2 is 1.88 bits per heavy atom. The smallest absolute Gasteiger partial charge is 0.366 e. The topological polar surface area (TPSA) is 95.7 Å². The summed E-state index contributed by atoms with van der Waals surface area (Å²) in [6, 6.07) is 5.65. The fraction of sp³-hybridized carbons (Fsp3) is 0.444. The van der Waals surface area contributed by atoms with E-state index in [1.165, 1.54) is 24.3 Å². The molecule has 1 aliphatic rings. The lowest BCUT2D eigenvalue weighted by Gasteiger charge is -2.05. The predicted molar refractivity (Wildman–Crippen MR) is 89.5 cm³/mol. The van der Waals surface area contributed by atoms with E-state index in [0.29, 0.717) is 5.56 Å². The molecule has 7 nitrogen and oxygen atoms in total. The number of ether oxygens (including phenoxy) is 2. The second kappa shape index (κ2) is 7.63. The van der Waals surface area contributed by atoms with Gasteiger partial charge < -0.3 is 9.47 Å². The third kappa shape index (κ3) is 4.25. The van der Waals surface area contributed by atoms with Gasteiger partial charge in [0.1, 0.15) is 6.61 Å². The van der Waals surface area contributed by atoms with E-state index in [9.17, 15) is 24.1 Å². The third-order valence-electron chi connectivity index (χ3n) is 4.49. The van der Waals surface area contributed by atoms with Gasteiger partial charge in [0.15, 0.2) is 0 Å². The number of rotatable bonds is 7. The number of carbonyl (C=O) groups excluding carboxylic acids is 2. The quantitative estimate of drug-likeness (QED) is 0.318. The van der Waals surface area contributed by atoms with Crippen molar-refractivity contribution in [1.82, 2.24) is 0 Å². The van der Waals surface area contributed by atoms with Crippen LogP contribution < -0.4 is 0 Å². The Morgan fingerprint density at radius 1 is 1.27 bits per heavy atom. The largest absolute Gasteiger partial charge is 0.461 e. The van der Waals surface area contributed by atoms with Crippen molar-refractivity contribution in [3.05, 3.63) is 51.8 Å². The van der Waals surface area contributed by atoms with Crippen molar-refractivity contribution in [2.24, 2.45) is 17.3 Å². The summed E-state index contributed by atoms with van der Waals surface area (Å²) in [5.41, 5.74) is 0.0198. The Morgan fingerprint density at radius 3 is 2.42 bits per heavy atom. The number of halogens is 1. The highest BCUT2D eigenvalue weighted by molar-refractivity contribution is 5.86. The van der Waals surface area contributed by atoms with Gasteiger partial charge in [-0.1, -0.05) is 13.8 Å². The molecule has 0 N–H and O–H groups in total. The standard InChI is InChI=1S/C18H20FNO6/c1-4-25-16(21)14(19)9-13-15(18(13,2)3)17(22)26-10-11-5-7-12(8-6-11)20(23)24/h5-9,13,15H,4,10H2,1-3H3/t13-,15-/m0/s1. The average Bonchev–Trinajstić information content (AvgIpc) is 3.13. The molecule has 1 aromatic rings. The normalized spacial score (nSPS) is 21.0. The van der Waals surface area contributed by atoms with Gasteiger partial charge in [-0.05, 0) is 42.0 Å². The van der Waals surface area contributed by atoms with Crippen LogP contribution in [0.3, 0.4) is 0 Å². The van der Waals surface area contributed by atoms with Gasteiger partial charge in [0.2, 0.25) is 5.83 Å². The second-order valence-corrected chi connectivity index (χ2v) is 6.59. The first kappa shape index (κ1) is 19.6. The molecule has 2 rings (SSSR count). The average molecular weight is 365 g/mol. The van der Waals surface area contributed by atoms with Crippen molar-refractivity contribution in [2.75, 3.05) is 6.61 Å². The number of carbonyl (C=O) groups is 2. The van der Waals surface area contributed by atoms with E-state index in [-0.39, 0.29) is 18.9 Å². The lowest BCUT2D eigenvalue weighted by atomic mass is 10.1. The zero-order valence-electron chi connectivity index (χ0n) is 14.7.